The zero-order valence-electron chi connectivity index (χ0n) is 12.6. The van der Waals surface area contributed by atoms with Gasteiger partial charge >= 0.3 is 0 Å². The van der Waals surface area contributed by atoms with Crippen molar-refractivity contribution in [2.24, 2.45) is 5.73 Å². The fraction of sp³-hybridized carbons (Fsp3) is 0.353. The van der Waals surface area contributed by atoms with Gasteiger partial charge in [-0.3, -0.25) is 4.98 Å². The molecule has 0 aliphatic heterocycles. The Morgan fingerprint density at radius 3 is 2.60 bits per heavy atom. The fourth-order valence-corrected chi connectivity index (χ4v) is 1.96. The van der Waals surface area contributed by atoms with Gasteiger partial charge < -0.3 is 10.5 Å². The molecular formula is C17H22N2O. The Morgan fingerprint density at radius 1 is 1.20 bits per heavy atom. The van der Waals surface area contributed by atoms with Crippen LogP contribution in [0.1, 0.15) is 37.6 Å². The highest BCUT2D eigenvalue weighted by molar-refractivity contribution is 5.40. The highest BCUT2D eigenvalue weighted by atomic mass is 16.5. The van der Waals surface area contributed by atoms with Crippen LogP contribution in [0.2, 0.25) is 0 Å². The number of rotatable bonds is 3. The minimum atomic E-state index is 0.101. The molecule has 3 heteroatoms. The third-order valence-corrected chi connectivity index (χ3v) is 3.23. The molecule has 0 spiro atoms. The summed E-state index contributed by atoms with van der Waals surface area (Å²) in [6, 6.07) is 10.1. The van der Waals surface area contributed by atoms with Crippen LogP contribution in [0, 0.1) is 6.92 Å². The van der Waals surface area contributed by atoms with Gasteiger partial charge in [0.1, 0.15) is 11.5 Å². The van der Waals surface area contributed by atoms with Gasteiger partial charge in [0.05, 0.1) is 0 Å². The normalized spacial score (nSPS) is 11.4. The Balaban J connectivity index is 2.33. The Hall–Kier alpha value is -1.87. The van der Waals surface area contributed by atoms with Crippen LogP contribution in [0.25, 0.3) is 0 Å². The number of hydrogen-bond acceptors (Lipinski definition) is 3. The summed E-state index contributed by atoms with van der Waals surface area (Å²) in [7, 11) is 0. The minimum Gasteiger partial charge on any atom is -0.457 e. The zero-order chi connectivity index (χ0) is 14.8. The third-order valence-electron chi connectivity index (χ3n) is 3.23. The van der Waals surface area contributed by atoms with E-state index in [2.05, 4.69) is 37.9 Å². The summed E-state index contributed by atoms with van der Waals surface area (Å²) < 4.78 is 6.00. The molecule has 0 saturated carbocycles. The first-order chi connectivity index (χ1) is 9.40. The first-order valence-electron chi connectivity index (χ1n) is 6.84. The van der Waals surface area contributed by atoms with E-state index < -0.39 is 0 Å². The quantitative estimate of drug-likeness (QED) is 0.919. The van der Waals surface area contributed by atoms with Crippen molar-refractivity contribution in [3.05, 3.63) is 53.3 Å². The van der Waals surface area contributed by atoms with Crippen molar-refractivity contribution in [2.45, 2.75) is 39.7 Å². The first-order valence-corrected chi connectivity index (χ1v) is 6.84. The second kappa shape index (κ2) is 5.63. The monoisotopic (exact) mass is 270 g/mol. The van der Waals surface area contributed by atoms with E-state index in [4.69, 9.17) is 10.5 Å². The number of ether oxygens (including phenoxy) is 1. The van der Waals surface area contributed by atoms with Crippen molar-refractivity contribution < 1.29 is 4.74 Å². The molecule has 1 aromatic heterocycles. The lowest BCUT2D eigenvalue weighted by Crippen LogP contribution is -2.10. The van der Waals surface area contributed by atoms with Crippen LogP contribution in [0.4, 0.5) is 0 Å². The average molecular weight is 270 g/mol. The summed E-state index contributed by atoms with van der Waals surface area (Å²) in [5.74, 6) is 1.61. The van der Waals surface area contributed by atoms with Crippen LogP contribution in [0.3, 0.4) is 0 Å². The third kappa shape index (κ3) is 3.36. The van der Waals surface area contributed by atoms with E-state index in [0.29, 0.717) is 6.54 Å². The van der Waals surface area contributed by atoms with Crippen molar-refractivity contribution in [1.29, 1.82) is 0 Å². The molecule has 0 fully saturated rings. The maximum atomic E-state index is 6.00. The SMILES string of the molecule is Cc1cc(Oc2cccc(C(C)(C)C)c2)c(CN)cn1. The summed E-state index contributed by atoms with van der Waals surface area (Å²) in [4.78, 5) is 4.25. The molecule has 0 amide bonds. The van der Waals surface area contributed by atoms with Crippen molar-refractivity contribution in [1.82, 2.24) is 4.98 Å². The van der Waals surface area contributed by atoms with E-state index >= 15 is 0 Å². The summed E-state index contributed by atoms with van der Waals surface area (Å²) in [6.45, 7) is 8.93. The number of nitrogens with zero attached hydrogens (tertiary/aromatic N) is 1. The van der Waals surface area contributed by atoms with Gasteiger partial charge in [0, 0.05) is 30.1 Å². The Kier molecular flexibility index (Phi) is 4.09. The molecule has 2 rings (SSSR count). The highest BCUT2D eigenvalue weighted by Gasteiger charge is 2.14. The van der Waals surface area contributed by atoms with Crippen LogP contribution in [0.15, 0.2) is 36.5 Å². The fourth-order valence-electron chi connectivity index (χ4n) is 1.96. The van der Waals surface area contributed by atoms with Crippen LogP contribution in [-0.4, -0.2) is 4.98 Å². The van der Waals surface area contributed by atoms with Crippen LogP contribution < -0.4 is 10.5 Å². The molecule has 20 heavy (non-hydrogen) atoms. The van der Waals surface area contributed by atoms with Crippen LogP contribution in [-0.2, 0) is 12.0 Å². The maximum absolute atomic E-state index is 6.00. The molecule has 0 unspecified atom stereocenters. The van der Waals surface area contributed by atoms with Gasteiger partial charge in [0.25, 0.3) is 0 Å². The molecule has 0 atom stereocenters. The average Bonchev–Trinajstić information content (AvgIpc) is 2.38. The van der Waals surface area contributed by atoms with Crippen molar-refractivity contribution in [3.63, 3.8) is 0 Å². The number of hydrogen-bond donors (Lipinski definition) is 1. The number of aryl methyl sites for hydroxylation is 1. The number of pyridine rings is 1. The Morgan fingerprint density at radius 2 is 1.95 bits per heavy atom. The minimum absolute atomic E-state index is 0.101. The largest absolute Gasteiger partial charge is 0.457 e. The lowest BCUT2D eigenvalue weighted by atomic mass is 9.87. The molecule has 2 aromatic rings. The molecule has 106 valence electrons. The molecule has 1 aromatic carbocycles. The van der Waals surface area contributed by atoms with Gasteiger partial charge in [-0.05, 0) is 30.0 Å². The zero-order valence-corrected chi connectivity index (χ0v) is 12.6. The number of aromatic nitrogens is 1. The molecule has 3 nitrogen and oxygen atoms in total. The van der Waals surface area contributed by atoms with Crippen LogP contribution >= 0.6 is 0 Å². The van der Waals surface area contributed by atoms with Gasteiger partial charge in [-0.1, -0.05) is 32.9 Å². The summed E-state index contributed by atoms with van der Waals surface area (Å²) in [5.41, 5.74) is 8.91. The maximum Gasteiger partial charge on any atom is 0.135 e. The van der Waals surface area contributed by atoms with Gasteiger partial charge in [0.15, 0.2) is 0 Å². The first kappa shape index (κ1) is 14.5. The van der Waals surface area contributed by atoms with E-state index in [9.17, 15) is 0 Å². The van der Waals surface area contributed by atoms with Crippen molar-refractivity contribution in [2.75, 3.05) is 0 Å². The second-order valence-electron chi connectivity index (χ2n) is 6.02. The van der Waals surface area contributed by atoms with E-state index in [0.717, 1.165) is 22.8 Å². The molecule has 2 N–H and O–H groups in total. The molecular weight excluding hydrogens is 248 g/mol. The lowest BCUT2D eigenvalue weighted by Gasteiger charge is -2.20. The standard InChI is InChI=1S/C17H22N2O/c1-12-8-16(13(10-18)11-19-12)20-15-7-5-6-14(9-15)17(2,3)4/h5-9,11H,10,18H2,1-4H3. The molecule has 0 aliphatic rings. The Labute approximate surface area is 120 Å². The molecule has 0 saturated heterocycles. The summed E-state index contributed by atoms with van der Waals surface area (Å²) in [6.07, 6.45) is 1.78. The molecule has 0 aliphatic carbocycles. The van der Waals surface area contributed by atoms with Crippen LogP contribution in [0.5, 0.6) is 11.5 Å². The predicted octanol–water partition coefficient (Wildman–Crippen LogP) is 3.94. The summed E-state index contributed by atoms with van der Waals surface area (Å²) in [5, 5.41) is 0. The van der Waals surface area contributed by atoms with E-state index in [-0.39, 0.29) is 5.41 Å². The topological polar surface area (TPSA) is 48.1 Å². The smallest absolute Gasteiger partial charge is 0.135 e. The number of benzene rings is 1. The summed E-state index contributed by atoms with van der Waals surface area (Å²) >= 11 is 0. The van der Waals surface area contributed by atoms with Crippen molar-refractivity contribution in [3.8, 4) is 11.5 Å². The molecule has 0 bridgehead atoms. The van der Waals surface area contributed by atoms with Gasteiger partial charge in [-0.2, -0.15) is 0 Å². The van der Waals surface area contributed by atoms with E-state index in [1.807, 2.05) is 25.1 Å². The highest BCUT2D eigenvalue weighted by Crippen LogP contribution is 2.30. The van der Waals surface area contributed by atoms with E-state index in [1.54, 1.807) is 6.20 Å². The van der Waals surface area contributed by atoms with Gasteiger partial charge in [0.2, 0.25) is 0 Å². The Bertz CT molecular complexity index is 600. The predicted molar refractivity (Wildman–Crippen MR) is 82.1 cm³/mol. The van der Waals surface area contributed by atoms with Gasteiger partial charge in [-0.25, -0.2) is 0 Å². The number of nitrogens with two attached hydrogens (primary N) is 1. The molecule has 1 heterocycles. The lowest BCUT2D eigenvalue weighted by molar-refractivity contribution is 0.471. The van der Waals surface area contributed by atoms with E-state index in [1.165, 1.54) is 5.56 Å². The second-order valence-corrected chi connectivity index (χ2v) is 6.02. The van der Waals surface area contributed by atoms with Crippen molar-refractivity contribution >= 4 is 0 Å². The molecule has 0 radical (unpaired) electrons. The van der Waals surface area contributed by atoms with Gasteiger partial charge in [-0.15, -0.1) is 0 Å².